The first-order valence-corrected chi connectivity index (χ1v) is 11.9. The Kier molecular flexibility index (Phi) is 13.5. The number of esters is 1. The van der Waals surface area contributed by atoms with Gasteiger partial charge in [0.2, 0.25) is 0 Å². The number of carbonyl (C=O) groups excluding carboxylic acids is 1. The lowest BCUT2D eigenvalue weighted by atomic mass is 9.89. The van der Waals surface area contributed by atoms with E-state index in [-0.39, 0.29) is 18.7 Å². The van der Waals surface area contributed by atoms with Crippen LogP contribution in [0.3, 0.4) is 0 Å². The summed E-state index contributed by atoms with van der Waals surface area (Å²) >= 11 is 12.0. The summed E-state index contributed by atoms with van der Waals surface area (Å²) in [5, 5.41) is 0.922. The van der Waals surface area contributed by atoms with Crippen molar-refractivity contribution in [3.05, 3.63) is 28.2 Å². The van der Waals surface area contributed by atoms with E-state index in [1.807, 2.05) is 0 Å². The van der Waals surface area contributed by atoms with Gasteiger partial charge in [-0.3, -0.25) is 0 Å². The van der Waals surface area contributed by atoms with Gasteiger partial charge < -0.3 is 9.47 Å². The van der Waals surface area contributed by atoms with Crippen LogP contribution in [0, 0.1) is 11.8 Å². The first-order valence-electron chi connectivity index (χ1n) is 11.1. The van der Waals surface area contributed by atoms with Gasteiger partial charge in [0.1, 0.15) is 11.9 Å². The molecule has 0 N–H and O–H groups in total. The van der Waals surface area contributed by atoms with Crippen LogP contribution in [0.25, 0.3) is 0 Å². The Balaban J connectivity index is 2.59. The average Bonchev–Trinajstić information content (AvgIpc) is 2.67. The molecule has 0 saturated heterocycles. The van der Waals surface area contributed by atoms with Crippen LogP contribution in [-0.4, -0.2) is 18.7 Å². The van der Waals surface area contributed by atoms with Gasteiger partial charge in [-0.05, 0) is 55.7 Å². The maximum atomic E-state index is 12.5. The molecule has 0 saturated carbocycles. The average molecular weight is 445 g/mol. The number of unbranched alkanes of at least 4 members (excludes halogenated alkanes) is 3. The first kappa shape index (κ1) is 26.1. The Labute approximate surface area is 187 Å². The molecule has 0 aliphatic carbocycles. The summed E-state index contributed by atoms with van der Waals surface area (Å²) < 4.78 is 11.4. The molecule has 0 aromatic heterocycles. The summed E-state index contributed by atoms with van der Waals surface area (Å²) in [7, 11) is 0. The summed E-state index contributed by atoms with van der Waals surface area (Å²) in [5.41, 5.74) is 0. The van der Waals surface area contributed by atoms with Crippen LogP contribution >= 0.6 is 23.2 Å². The van der Waals surface area contributed by atoms with Crippen molar-refractivity contribution in [3.63, 3.8) is 0 Å². The minimum atomic E-state index is -0.335. The van der Waals surface area contributed by atoms with E-state index in [0.29, 0.717) is 21.7 Å². The van der Waals surface area contributed by atoms with Crippen LogP contribution < -0.4 is 4.74 Å². The molecule has 0 aliphatic heterocycles. The van der Waals surface area contributed by atoms with Gasteiger partial charge in [0.05, 0.1) is 5.02 Å². The SMILES string of the molecule is CCCCC(CC)C(CCCCCC(C)C)OC(=O)COc1ccc(Cl)cc1Cl. The fourth-order valence-corrected chi connectivity index (χ4v) is 3.98. The second-order valence-corrected chi connectivity index (χ2v) is 9.08. The van der Waals surface area contributed by atoms with Gasteiger partial charge in [0, 0.05) is 5.02 Å². The number of carbonyl (C=O) groups is 1. The monoisotopic (exact) mass is 444 g/mol. The van der Waals surface area contributed by atoms with Crippen molar-refractivity contribution in [2.75, 3.05) is 6.61 Å². The number of hydrogen-bond donors (Lipinski definition) is 0. The molecule has 0 heterocycles. The Morgan fingerprint density at radius 1 is 1.00 bits per heavy atom. The molecule has 0 bridgehead atoms. The van der Waals surface area contributed by atoms with E-state index < -0.39 is 0 Å². The second kappa shape index (κ2) is 15.0. The van der Waals surface area contributed by atoms with Crippen molar-refractivity contribution in [1.29, 1.82) is 0 Å². The lowest BCUT2D eigenvalue weighted by molar-refractivity contribution is -0.155. The predicted octanol–water partition coefficient (Wildman–Crippen LogP) is 8.11. The van der Waals surface area contributed by atoms with Crippen molar-refractivity contribution >= 4 is 29.2 Å². The van der Waals surface area contributed by atoms with Gasteiger partial charge in [-0.1, -0.05) is 83.0 Å². The molecule has 2 atom stereocenters. The van der Waals surface area contributed by atoms with Crippen LogP contribution in [0.15, 0.2) is 18.2 Å². The van der Waals surface area contributed by atoms with Crippen molar-refractivity contribution in [3.8, 4) is 5.75 Å². The quantitative estimate of drug-likeness (QED) is 0.202. The summed E-state index contributed by atoms with van der Waals surface area (Å²) in [5.74, 6) is 1.26. The van der Waals surface area contributed by atoms with E-state index >= 15 is 0 Å². The van der Waals surface area contributed by atoms with Crippen molar-refractivity contribution < 1.29 is 14.3 Å². The Hall–Kier alpha value is -0.930. The topological polar surface area (TPSA) is 35.5 Å². The number of rotatable bonds is 15. The van der Waals surface area contributed by atoms with Crippen molar-refractivity contribution in [1.82, 2.24) is 0 Å². The van der Waals surface area contributed by atoms with Crippen molar-refractivity contribution in [2.24, 2.45) is 11.8 Å². The number of benzene rings is 1. The Morgan fingerprint density at radius 3 is 2.34 bits per heavy atom. The standard InChI is InChI=1S/C24H38Cl2O3/c1-5-7-12-19(6-2)22(13-10-8-9-11-18(3)4)29-24(27)17-28-23-15-14-20(25)16-21(23)26/h14-16,18-19,22H,5-13,17H2,1-4H3. The molecule has 5 heteroatoms. The fraction of sp³-hybridized carbons (Fsp3) is 0.708. The molecule has 3 nitrogen and oxygen atoms in total. The number of halogens is 2. The lowest BCUT2D eigenvalue weighted by Gasteiger charge is -2.26. The zero-order valence-electron chi connectivity index (χ0n) is 18.5. The van der Waals surface area contributed by atoms with E-state index in [0.717, 1.165) is 44.4 Å². The third-order valence-corrected chi connectivity index (χ3v) is 5.80. The summed E-state index contributed by atoms with van der Waals surface area (Å²) in [6.45, 7) is 8.76. The van der Waals surface area contributed by atoms with Crippen LogP contribution in [-0.2, 0) is 9.53 Å². The highest BCUT2D eigenvalue weighted by molar-refractivity contribution is 6.35. The molecule has 2 unspecified atom stereocenters. The highest BCUT2D eigenvalue weighted by atomic mass is 35.5. The van der Waals surface area contributed by atoms with Gasteiger partial charge >= 0.3 is 5.97 Å². The molecular formula is C24H38Cl2O3. The fourth-order valence-electron chi connectivity index (χ4n) is 3.52. The third kappa shape index (κ3) is 11.1. The molecule has 0 fully saturated rings. The highest BCUT2D eigenvalue weighted by Gasteiger charge is 2.23. The lowest BCUT2D eigenvalue weighted by Crippen LogP contribution is -2.29. The molecule has 0 spiro atoms. The normalized spacial score (nSPS) is 13.3. The second-order valence-electron chi connectivity index (χ2n) is 8.23. The maximum absolute atomic E-state index is 12.5. The van der Waals surface area contributed by atoms with Crippen LogP contribution in [0.5, 0.6) is 5.75 Å². The van der Waals surface area contributed by atoms with E-state index in [1.165, 1.54) is 19.3 Å². The smallest absolute Gasteiger partial charge is 0.344 e. The molecule has 29 heavy (non-hydrogen) atoms. The van der Waals surface area contributed by atoms with Gasteiger partial charge in [0.15, 0.2) is 6.61 Å². The zero-order valence-corrected chi connectivity index (χ0v) is 20.0. The van der Waals surface area contributed by atoms with Gasteiger partial charge in [-0.25, -0.2) is 4.79 Å². The minimum absolute atomic E-state index is 0.0395. The number of ether oxygens (including phenoxy) is 2. The minimum Gasteiger partial charge on any atom is -0.480 e. The molecular weight excluding hydrogens is 407 g/mol. The molecule has 0 aliphatic rings. The summed E-state index contributed by atoms with van der Waals surface area (Å²) in [6, 6.07) is 4.95. The zero-order chi connectivity index (χ0) is 21.6. The highest BCUT2D eigenvalue weighted by Crippen LogP contribution is 2.28. The van der Waals surface area contributed by atoms with Crippen molar-refractivity contribution in [2.45, 2.75) is 91.6 Å². The summed E-state index contributed by atoms with van der Waals surface area (Å²) in [6.07, 6.45) is 10.1. The summed E-state index contributed by atoms with van der Waals surface area (Å²) in [4.78, 5) is 12.5. The van der Waals surface area contributed by atoms with Crippen LogP contribution in [0.4, 0.5) is 0 Å². The molecule has 0 amide bonds. The Bertz CT molecular complexity index is 589. The molecule has 1 aromatic rings. The van der Waals surface area contributed by atoms with Gasteiger partial charge in [0.25, 0.3) is 0 Å². The van der Waals surface area contributed by atoms with Gasteiger partial charge in [-0.2, -0.15) is 0 Å². The third-order valence-electron chi connectivity index (χ3n) is 5.27. The Morgan fingerprint density at radius 2 is 1.72 bits per heavy atom. The molecule has 0 radical (unpaired) electrons. The molecule has 1 aromatic carbocycles. The first-order chi connectivity index (χ1) is 13.9. The van der Waals surface area contributed by atoms with Crippen LogP contribution in [0.2, 0.25) is 10.0 Å². The van der Waals surface area contributed by atoms with E-state index in [4.69, 9.17) is 32.7 Å². The van der Waals surface area contributed by atoms with E-state index in [9.17, 15) is 4.79 Å². The van der Waals surface area contributed by atoms with E-state index in [1.54, 1.807) is 18.2 Å². The largest absolute Gasteiger partial charge is 0.480 e. The maximum Gasteiger partial charge on any atom is 0.344 e. The predicted molar refractivity (Wildman–Crippen MR) is 123 cm³/mol. The van der Waals surface area contributed by atoms with Crippen LogP contribution in [0.1, 0.15) is 85.5 Å². The molecule has 1 rings (SSSR count). The number of hydrogen-bond acceptors (Lipinski definition) is 3. The molecule has 166 valence electrons. The van der Waals surface area contributed by atoms with E-state index in [2.05, 4.69) is 27.7 Å². The van der Waals surface area contributed by atoms with Gasteiger partial charge in [-0.15, -0.1) is 0 Å².